The predicted molar refractivity (Wildman–Crippen MR) is 94.3 cm³/mol. The second-order valence-electron chi connectivity index (χ2n) is 7.91. The number of rotatable bonds is 2. The molecule has 124 valence electrons. The number of halogens is 1. The highest BCUT2D eigenvalue weighted by Crippen LogP contribution is 2.41. The molecule has 0 saturated heterocycles. The molecule has 22 heavy (non-hydrogen) atoms. The standard InChI is InChI=1S/C18H28N2O.ClH/c1-17(2,3)15(19)16(21)20-14-10-11-18(4,5)13-9-7-6-8-12(13)14;/h6-9,14-15H,10-11,19H2,1-5H3,(H,20,21);1H/t14?,15-;/m1./s1. The largest absolute Gasteiger partial charge is 0.348 e. The van der Waals surface area contributed by atoms with Gasteiger partial charge in [0.25, 0.3) is 0 Å². The lowest BCUT2D eigenvalue weighted by Gasteiger charge is -2.38. The first kappa shape index (κ1) is 19.0. The minimum absolute atomic E-state index is 0. The summed E-state index contributed by atoms with van der Waals surface area (Å²) in [6.45, 7) is 10.5. The summed E-state index contributed by atoms with van der Waals surface area (Å²) in [4.78, 5) is 12.4. The summed E-state index contributed by atoms with van der Waals surface area (Å²) in [5.74, 6) is -0.0537. The molecule has 1 aromatic rings. The van der Waals surface area contributed by atoms with Gasteiger partial charge >= 0.3 is 0 Å². The van der Waals surface area contributed by atoms with Gasteiger partial charge in [-0.3, -0.25) is 4.79 Å². The summed E-state index contributed by atoms with van der Waals surface area (Å²) >= 11 is 0. The van der Waals surface area contributed by atoms with E-state index in [1.165, 1.54) is 11.1 Å². The lowest BCUT2D eigenvalue weighted by molar-refractivity contribution is -0.125. The van der Waals surface area contributed by atoms with Gasteiger partial charge in [-0.15, -0.1) is 12.4 Å². The summed E-state index contributed by atoms with van der Waals surface area (Å²) in [5, 5.41) is 3.16. The Kier molecular flexibility index (Phi) is 5.69. The summed E-state index contributed by atoms with van der Waals surface area (Å²) in [6.07, 6.45) is 2.03. The number of fused-ring (bicyclic) bond motifs is 1. The van der Waals surface area contributed by atoms with Crippen molar-refractivity contribution in [3.63, 3.8) is 0 Å². The number of hydrogen-bond donors (Lipinski definition) is 2. The SMILES string of the molecule is CC1(C)CCC(NC(=O)[C@@H](N)C(C)(C)C)c2ccccc21.Cl. The lowest BCUT2D eigenvalue weighted by atomic mass is 9.71. The van der Waals surface area contributed by atoms with Crippen molar-refractivity contribution in [3.8, 4) is 0 Å². The lowest BCUT2D eigenvalue weighted by Crippen LogP contribution is -2.50. The number of nitrogens with two attached hydrogens (primary N) is 1. The molecule has 0 aliphatic heterocycles. The predicted octanol–water partition coefficient (Wildman–Crippen LogP) is 3.71. The van der Waals surface area contributed by atoms with Gasteiger partial charge in [-0.25, -0.2) is 0 Å². The van der Waals surface area contributed by atoms with Crippen molar-refractivity contribution in [2.45, 2.75) is 65.0 Å². The highest BCUT2D eigenvalue weighted by Gasteiger charge is 2.35. The van der Waals surface area contributed by atoms with Crippen LogP contribution in [0.4, 0.5) is 0 Å². The van der Waals surface area contributed by atoms with E-state index in [1.54, 1.807) is 0 Å². The smallest absolute Gasteiger partial charge is 0.237 e. The van der Waals surface area contributed by atoms with Crippen LogP contribution in [-0.2, 0) is 10.2 Å². The molecule has 0 heterocycles. The van der Waals surface area contributed by atoms with Crippen molar-refractivity contribution in [3.05, 3.63) is 35.4 Å². The van der Waals surface area contributed by atoms with Crippen molar-refractivity contribution in [1.29, 1.82) is 0 Å². The zero-order valence-electron chi connectivity index (χ0n) is 14.3. The van der Waals surface area contributed by atoms with E-state index >= 15 is 0 Å². The Balaban J connectivity index is 0.00000242. The van der Waals surface area contributed by atoms with E-state index in [2.05, 4.69) is 37.4 Å². The topological polar surface area (TPSA) is 55.1 Å². The third-order valence-corrected chi connectivity index (χ3v) is 4.66. The van der Waals surface area contributed by atoms with E-state index in [0.717, 1.165) is 12.8 Å². The normalized spacial score (nSPS) is 21.3. The van der Waals surface area contributed by atoms with Crippen LogP contribution in [0.5, 0.6) is 0 Å². The molecule has 1 aliphatic rings. The average molecular weight is 325 g/mol. The Labute approximate surface area is 140 Å². The maximum Gasteiger partial charge on any atom is 0.237 e. The molecule has 1 amide bonds. The first-order chi connectivity index (χ1) is 9.63. The molecule has 3 N–H and O–H groups in total. The fourth-order valence-corrected chi connectivity index (χ4v) is 3.02. The van der Waals surface area contributed by atoms with Gasteiger partial charge in [-0.2, -0.15) is 0 Å². The molecular weight excluding hydrogens is 296 g/mol. The summed E-state index contributed by atoms with van der Waals surface area (Å²) < 4.78 is 0. The van der Waals surface area contributed by atoms with Crippen molar-refractivity contribution in [2.24, 2.45) is 11.1 Å². The molecule has 1 unspecified atom stereocenters. The maximum atomic E-state index is 12.4. The van der Waals surface area contributed by atoms with Gasteiger partial charge in [0.1, 0.15) is 0 Å². The molecule has 0 bridgehead atoms. The molecule has 0 saturated carbocycles. The highest BCUT2D eigenvalue weighted by molar-refractivity contribution is 5.85. The monoisotopic (exact) mass is 324 g/mol. The van der Waals surface area contributed by atoms with Crippen LogP contribution < -0.4 is 11.1 Å². The Morgan fingerprint density at radius 3 is 2.50 bits per heavy atom. The Morgan fingerprint density at radius 1 is 1.32 bits per heavy atom. The molecule has 0 spiro atoms. The Morgan fingerprint density at radius 2 is 1.91 bits per heavy atom. The van der Waals surface area contributed by atoms with Crippen LogP contribution >= 0.6 is 12.4 Å². The van der Waals surface area contributed by atoms with E-state index < -0.39 is 6.04 Å². The molecule has 0 fully saturated rings. The van der Waals surface area contributed by atoms with Gasteiger partial charge < -0.3 is 11.1 Å². The van der Waals surface area contributed by atoms with E-state index in [1.807, 2.05) is 26.8 Å². The Hall–Kier alpha value is -1.06. The minimum Gasteiger partial charge on any atom is -0.348 e. The minimum atomic E-state index is -0.486. The average Bonchev–Trinajstić information content (AvgIpc) is 2.40. The summed E-state index contributed by atoms with van der Waals surface area (Å²) in [6, 6.07) is 8.02. The van der Waals surface area contributed by atoms with Gasteiger partial charge in [0, 0.05) is 0 Å². The van der Waals surface area contributed by atoms with Crippen LogP contribution in [0, 0.1) is 5.41 Å². The number of amides is 1. The van der Waals surface area contributed by atoms with Crippen LogP contribution in [-0.4, -0.2) is 11.9 Å². The van der Waals surface area contributed by atoms with Crippen LogP contribution in [0.3, 0.4) is 0 Å². The van der Waals surface area contributed by atoms with Gasteiger partial charge in [0.2, 0.25) is 5.91 Å². The maximum absolute atomic E-state index is 12.4. The van der Waals surface area contributed by atoms with E-state index in [-0.39, 0.29) is 35.2 Å². The second kappa shape index (κ2) is 6.59. The molecule has 2 atom stereocenters. The van der Waals surface area contributed by atoms with E-state index in [4.69, 9.17) is 5.73 Å². The molecule has 1 aliphatic carbocycles. The van der Waals surface area contributed by atoms with Gasteiger partial charge in [-0.05, 0) is 34.8 Å². The molecular formula is C18H29ClN2O. The van der Waals surface area contributed by atoms with Gasteiger partial charge in [0.05, 0.1) is 12.1 Å². The quantitative estimate of drug-likeness (QED) is 0.871. The number of carbonyl (C=O) groups is 1. The Bertz CT molecular complexity index is 534. The molecule has 0 radical (unpaired) electrons. The number of carbonyl (C=O) groups excluding carboxylic acids is 1. The summed E-state index contributed by atoms with van der Waals surface area (Å²) in [7, 11) is 0. The van der Waals surface area contributed by atoms with E-state index in [0.29, 0.717) is 0 Å². The first-order valence-corrected chi connectivity index (χ1v) is 7.78. The van der Waals surface area contributed by atoms with Crippen molar-refractivity contribution in [2.75, 3.05) is 0 Å². The van der Waals surface area contributed by atoms with Crippen molar-refractivity contribution < 1.29 is 4.79 Å². The second-order valence-corrected chi connectivity index (χ2v) is 7.91. The number of nitrogens with one attached hydrogen (secondary N) is 1. The molecule has 0 aromatic heterocycles. The fourth-order valence-electron chi connectivity index (χ4n) is 3.02. The van der Waals surface area contributed by atoms with Crippen LogP contribution in [0.2, 0.25) is 0 Å². The van der Waals surface area contributed by atoms with Gasteiger partial charge in [-0.1, -0.05) is 58.9 Å². The van der Waals surface area contributed by atoms with Crippen LogP contribution in [0.15, 0.2) is 24.3 Å². The van der Waals surface area contributed by atoms with Crippen molar-refractivity contribution >= 4 is 18.3 Å². The molecule has 2 rings (SSSR count). The molecule has 4 heteroatoms. The van der Waals surface area contributed by atoms with Crippen molar-refractivity contribution in [1.82, 2.24) is 5.32 Å². The van der Waals surface area contributed by atoms with E-state index in [9.17, 15) is 4.79 Å². The van der Waals surface area contributed by atoms with Gasteiger partial charge in [0.15, 0.2) is 0 Å². The third kappa shape index (κ3) is 3.82. The summed E-state index contributed by atoms with van der Waals surface area (Å²) in [5.41, 5.74) is 8.60. The molecule has 1 aromatic carbocycles. The number of benzene rings is 1. The van der Waals surface area contributed by atoms with Crippen LogP contribution in [0.25, 0.3) is 0 Å². The third-order valence-electron chi connectivity index (χ3n) is 4.66. The zero-order chi connectivity index (χ0) is 15.8. The highest BCUT2D eigenvalue weighted by atomic mass is 35.5. The fraction of sp³-hybridized carbons (Fsp3) is 0.611. The van der Waals surface area contributed by atoms with Crippen LogP contribution in [0.1, 0.15) is 64.6 Å². The number of hydrogen-bond acceptors (Lipinski definition) is 2. The first-order valence-electron chi connectivity index (χ1n) is 7.78. The zero-order valence-corrected chi connectivity index (χ0v) is 15.1. The molecule has 3 nitrogen and oxygen atoms in total.